The first kappa shape index (κ1) is 23.2. The Labute approximate surface area is 220 Å². The predicted molar refractivity (Wildman–Crippen MR) is 145 cm³/mol. The van der Waals surface area contributed by atoms with Crippen molar-refractivity contribution in [2.24, 2.45) is 11.3 Å². The maximum absolute atomic E-state index is 12.0. The Hall–Kier alpha value is -3.23. The van der Waals surface area contributed by atoms with Gasteiger partial charge in [-0.25, -0.2) is 9.97 Å². The van der Waals surface area contributed by atoms with E-state index in [9.17, 15) is 9.90 Å². The highest BCUT2D eigenvalue weighted by atomic mass is 79.9. The number of thiazole rings is 1. The molecule has 1 N–H and O–H groups in total. The van der Waals surface area contributed by atoms with Crippen LogP contribution in [0.15, 0.2) is 71.2 Å². The lowest BCUT2D eigenvalue weighted by Crippen LogP contribution is -2.07. The molecule has 6 rings (SSSR count). The summed E-state index contributed by atoms with van der Waals surface area (Å²) in [7, 11) is 0. The molecule has 0 bridgehead atoms. The summed E-state index contributed by atoms with van der Waals surface area (Å²) in [4.78, 5) is 21.6. The van der Waals surface area contributed by atoms with Gasteiger partial charge in [-0.2, -0.15) is 0 Å². The van der Waals surface area contributed by atoms with Crippen LogP contribution in [0, 0.1) is 11.3 Å². The molecule has 6 nitrogen and oxygen atoms in total. The summed E-state index contributed by atoms with van der Waals surface area (Å²) in [6.45, 7) is 5.01. The van der Waals surface area contributed by atoms with Crippen molar-refractivity contribution in [2.45, 2.75) is 32.9 Å². The average molecular weight is 562 g/mol. The third kappa shape index (κ3) is 4.08. The zero-order chi connectivity index (χ0) is 25.0. The minimum absolute atomic E-state index is 0.148. The van der Waals surface area contributed by atoms with Gasteiger partial charge >= 0.3 is 5.97 Å². The van der Waals surface area contributed by atoms with Crippen molar-refractivity contribution in [3.05, 3.63) is 87.6 Å². The molecule has 0 radical (unpaired) electrons. The third-order valence-electron chi connectivity index (χ3n) is 7.08. The number of aromatic nitrogens is 3. The largest absolute Gasteiger partial charge is 0.486 e. The number of hydrogen-bond acceptors (Lipinski definition) is 5. The molecule has 182 valence electrons. The second-order valence-electron chi connectivity index (χ2n) is 9.81. The normalized spacial score (nSPS) is 18.5. The van der Waals surface area contributed by atoms with Gasteiger partial charge in [-0.15, -0.1) is 11.3 Å². The van der Waals surface area contributed by atoms with Gasteiger partial charge in [0.15, 0.2) is 0 Å². The van der Waals surface area contributed by atoms with Gasteiger partial charge in [-0.3, -0.25) is 4.79 Å². The Balaban J connectivity index is 1.34. The van der Waals surface area contributed by atoms with Gasteiger partial charge in [0.05, 0.1) is 27.2 Å². The van der Waals surface area contributed by atoms with Crippen LogP contribution in [0.25, 0.3) is 21.3 Å². The van der Waals surface area contributed by atoms with Crippen LogP contribution in [0.3, 0.4) is 0 Å². The van der Waals surface area contributed by atoms with Crippen molar-refractivity contribution in [1.29, 1.82) is 0 Å². The molecule has 0 spiro atoms. The quantitative estimate of drug-likeness (QED) is 0.235. The first-order valence-corrected chi connectivity index (χ1v) is 13.4. The van der Waals surface area contributed by atoms with Gasteiger partial charge in [-0.05, 0) is 47.4 Å². The molecule has 0 aliphatic heterocycles. The summed E-state index contributed by atoms with van der Waals surface area (Å²) in [6, 6.07) is 22.1. The Morgan fingerprint density at radius 2 is 1.86 bits per heavy atom. The van der Waals surface area contributed by atoms with E-state index in [1.165, 1.54) is 0 Å². The van der Waals surface area contributed by atoms with Crippen LogP contribution in [0.2, 0.25) is 0 Å². The molecule has 1 saturated carbocycles. The van der Waals surface area contributed by atoms with Crippen LogP contribution in [-0.2, 0) is 17.9 Å². The number of nitrogens with zero attached hydrogens (tertiary/aromatic N) is 3. The molecule has 8 heteroatoms. The molecular formula is C28H24BrN3O3S. The molecule has 2 heterocycles. The number of imidazole rings is 1. The van der Waals surface area contributed by atoms with Crippen molar-refractivity contribution < 1.29 is 14.6 Å². The van der Waals surface area contributed by atoms with E-state index in [-0.39, 0.29) is 11.3 Å². The molecule has 2 aromatic heterocycles. The number of rotatable bonds is 7. The molecule has 1 aliphatic carbocycles. The Kier molecular flexibility index (Phi) is 5.61. The van der Waals surface area contributed by atoms with Crippen LogP contribution in [0.5, 0.6) is 5.75 Å². The second kappa shape index (κ2) is 8.71. The molecule has 5 aromatic rings. The van der Waals surface area contributed by atoms with Crippen LogP contribution >= 0.6 is 27.3 Å². The van der Waals surface area contributed by atoms with Crippen LogP contribution in [-0.4, -0.2) is 25.6 Å². The molecule has 36 heavy (non-hydrogen) atoms. The number of halogens is 1. The monoisotopic (exact) mass is 561 g/mol. The number of carboxylic acids is 1. The fourth-order valence-corrected chi connectivity index (χ4v) is 6.25. The fourth-order valence-electron chi connectivity index (χ4n) is 5.10. The van der Waals surface area contributed by atoms with Crippen molar-refractivity contribution in [3.8, 4) is 5.75 Å². The Bertz CT molecular complexity index is 1570. The molecule has 1 aliphatic rings. The van der Waals surface area contributed by atoms with E-state index in [2.05, 4.69) is 43.7 Å². The van der Waals surface area contributed by atoms with Crippen LogP contribution in [0.4, 0.5) is 0 Å². The second-order valence-corrected chi connectivity index (χ2v) is 11.8. The van der Waals surface area contributed by atoms with Gasteiger partial charge in [0, 0.05) is 23.0 Å². The van der Waals surface area contributed by atoms with E-state index >= 15 is 0 Å². The first-order valence-electron chi connectivity index (χ1n) is 11.8. The number of carbonyl (C=O) groups is 1. The van der Waals surface area contributed by atoms with E-state index in [1.807, 2.05) is 62.4 Å². The van der Waals surface area contributed by atoms with Gasteiger partial charge in [-0.1, -0.05) is 54.0 Å². The summed E-state index contributed by atoms with van der Waals surface area (Å²) in [5.41, 5.74) is 3.52. The first-order chi connectivity index (χ1) is 17.3. The molecule has 0 saturated heterocycles. The maximum atomic E-state index is 12.0. The van der Waals surface area contributed by atoms with E-state index in [0.717, 1.165) is 42.1 Å². The number of fused-ring (bicyclic) bond motifs is 2. The number of hydrogen-bond donors (Lipinski definition) is 1. The lowest BCUT2D eigenvalue weighted by Gasteiger charge is -2.11. The van der Waals surface area contributed by atoms with Crippen molar-refractivity contribution >= 4 is 54.5 Å². The Morgan fingerprint density at radius 3 is 2.58 bits per heavy atom. The van der Waals surface area contributed by atoms with Gasteiger partial charge in [0.2, 0.25) is 0 Å². The van der Waals surface area contributed by atoms with E-state index in [1.54, 1.807) is 11.3 Å². The fraction of sp³-hybridized carbons (Fsp3) is 0.250. The summed E-state index contributed by atoms with van der Waals surface area (Å²) in [5, 5.41) is 10.7. The average Bonchev–Trinajstić information content (AvgIpc) is 3.12. The molecular weight excluding hydrogens is 538 g/mol. The number of para-hydroxylation sites is 1. The number of carboxylic acid groups (broad SMARTS) is 1. The summed E-state index contributed by atoms with van der Waals surface area (Å²) < 4.78 is 10.4. The zero-order valence-electron chi connectivity index (χ0n) is 19.8. The number of ether oxygens (including phenoxy) is 1. The van der Waals surface area contributed by atoms with Gasteiger partial charge in [0.1, 0.15) is 23.2 Å². The molecule has 2 atom stereocenters. The lowest BCUT2D eigenvalue weighted by molar-refractivity contribution is -0.139. The van der Waals surface area contributed by atoms with Gasteiger partial charge < -0.3 is 14.4 Å². The molecule has 0 amide bonds. The SMILES string of the molecule is CC1(C)[C@H](c2nc3cc(OCc4nc5ccccc5s4)ccc3n2Cc2ccc(Br)cc2)[C@@H]1C(=O)O. The summed E-state index contributed by atoms with van der Waals surface area (Å²) in [6.07, 6.45) is 0. The lowest BCUT2D eigenvalue weighted by atomic mass is 10.1. The van der Waals surface area contributed by atoms with Crippen LogP contribution in [0.1, 0.15) is 36.2 Å². The van der Waals surface area contributed by atoms with Crippen molar-refractivity contribution in [2.75, 3.05) is 0 Å². The Morgan fingerprint density at radius 1 is 1.08 bits per heavy atom. The van der Waals surface area contributed by atoms with E-state index < -0.39 is 11.9 Å². The highest BCUT2D eigenvalue weighted by Crippen LogP contribution is 2.64. The maximum Gasteiger partial charge on any atom is 0.307 e. The highest BCUT2D eigenvalue weighted by Gasteiger charge is 2.64. The van der Waals surface area contributed by atoms with Crippen molar-refractivity contribution in [3.63, 3.8) is 0 Å². The molecule has 0 unspecified atom stereocenters. The minimum atomic E-state index is -0.771. The molecule has 3 aromatic carbocycles. The zero-order valence-corrected chi connectivity index (χ0v) is 22.2. The van der Waals surface area contributed by atoms with Gasteiger partial charge in [0.25, 0.3) is 0 Å². The third-order valence-corrected chi connectivity index (χ3v) is 8.61. The topological polar surface area (TPSA) is 77.2 Å². The minimum Gasteiger partial charge on any atom is -0.486 e. The molecule has 1 fully saturated rings. The standard InChI is InChI=1S/C28H24BrN3O3S/c1-28(2)24(25(28)27(33)34)26-31-20-13-18(35-15-23-30-19-5-3-4-6-22(19)36-23)11-12-21(20)32(26)14-16-7-9-17(29)10-8-16/h3-13,24-25H,14-15H2,1-2H3,(H,33,34)/t24-,25+/m0/s1. The summed E-state index contributed by atoms with van der Waals surface area (Å²) in [5.74, 6) is 0.157. The smallest absolute Gasteiger partial charge is 0.307 e. The number of benzene rings is 3. The number of aliphatic carboxylic acids is 1. The van der Waals surface area contributed by atoms with Crippen LogP contribution < -0.4 is 4.74 Å². The summed E-state index contributed by atoms with van der Waals surface area (Å²) >= 11 is 5.13. The van der Waals surface area contributed by atoms with E-state index in [0.29, 0.717) is 18.9 Å². The van der Waals surface area contributed by atoms with Crippen molar-refractivity contribution in [1.82, 2.24) is 14.5 Å². The highest BCUT2D eigenvalue weighted by molar-refractivity contribution is 9.10. The van der Waals surface area contributed by atoms with E-state index in [4.69, 9.17) is 9.72 Å². The predicted octanol–water partition coefficient (Wildman–Crippen LogP) is 6.86.